The van der Waals surface area contributed by atoms with Gasteiger partial charge in [0.2, 0.25) is 0 Å². The Hall–Kier alpha value is -1.48. The van der Waals surface area contributed by atoms with Gasteiger partial charge in [-0.15, -0.1) is 0 Å². The van der Waals surface area contributed by atoms with Gasteiger partial charge in [0.25, 0.3) is 0 Å². The molecule has 3 heteroatoms. The highest BCUT2D eigenvalue weighted by atomic mass is 16.5. The standard InChI is InChI=1S/C14H18N2O/c1-17-11-3-2-10-8-13(16-12(10)9-11)14(4-5-14)6-7-15/h2-3,8-9,16H,4-7,15H2,1H3. The molecule has 0 atom stereocenters. The van der Waals surface area contributed by atoms with Gasteiger partial charge in [0.05, 0.1) is 7.11 Å². The second-order valence-corrected chi connectivity index (χ2v) is 4.96. The van der Waals surface area contributed by atoms with Crippen molar-refractivity contribution in [2.24, 2.45) is 5.73 Å². The first-order chi connectivity index (χ1) is 8.27. The molecule has 0 radical (unpaired) electrons. The smallest absolute Gasteiger partial charge is 0.120 e. The number of methoxy groups -OCH3 is 1. The average molecular weight is 230 g/mol. The van der Waals surface area contributed by atoms with Crippen molar-refractivity contribution in [3.63, 3.8) is 0 Å². The van der Waals surface area contributed by atoms with Crippen LogP contribution in [0.5, 0.6) is 5.75 Å². The molecule has 17 heavy (non-hydrogen) atoms. The highest BCUT2D eigenvalue weighted by Gasteiger charge is 2.44. The third kappa shape index (κ3) is 1.71. The van der Waals surface area contributed by atoms with E-state index in [1.54, 1.807) is 7.11 Å². The van der Waals surface area contributed by atoms with Crippen molar-refractivity contribution in [1.82, 2.24) is 4.98 Å². The number of nitrogens with two attached hydrogens (primary N) is 1. The summed E-state index contributed by atoms with van der Waals surface area (Å²) >= 11 is 0. The Bertz CT molecular complexity index is 540. The topological polar surface area (TPSA) is 51.0 Å². The number of fused-ring (bicyclic) bond motifs is 1. The minimum atomic E-state index is 0.334. The lowest BCUT2D eigenvalue weighted by Crippen LogP contribution is -2.13. The van der Waals surface area contributed by atoms with E-state index in [-0.39, 0.29) is 0 Å². The third-order valence-corrected chi connectivity index (χ3v) is 3.88. The first kappa shape index (κ1) is 10.7. The predicted molar refractivity (Wildman–Crippen MR) is 69.4 cm³/mol. The molecule has 0 aliphatic heterocycles. The summed E-state index contributed by atoms with van der Waals surface area (Å²) in [6.45, 7) is 0.763. The van der Waals surface area contributed by atoms with Crippen molar-refractivity contribution < 1.29 is 4.74 Å². The van der Waals surface area contributed by atoms with Gasteiger partial charge in [-0.3, -0.25) is 0 Å². The van der Waals surface area contributed by atoms with Gasteiger partial charge in [-0.05, 0) is 49.4 Å². The Labute approximate surface area is 101 Å². The van der Waals surface area contributed by atoms with Crippen LogP contribution in [0.25, 0.3) is 10.9 Å². The summed E-state index contributed by atoms with van der Waals surface area (Å²) in [5.41, 5.74) is 8.53. The summed E-state index contributed by atoms with van der Waals surface area (Å²) in [7, 11) is 1.70. The van der Waals surface area contributed by atoms with Gasteiger partial charge in [-0.2, -0.15) is 0 Å². The molecule has 90 valence electrons. The number of hydrogen-bond acceptors (Lipinski definition) is 2. The van der Waals surface area contributed by atoms with Crippen LogP contribution in [-0.2, 0) is 5.41 Å². The molecule has 0 spiro atoms. The lowest BCUT2D eigenvalue weighted by molar-refractivity contribution is 0.415. The molecule has 0 unspecified atom stereocenters. The summed E-state index contributed by atoms with van der Waals surface area (Å²) < 4.78 is 5.24. The molecule has 0 bridgehead atoms. The molecule has 1 aliphatic rings. The van der Waals surface area contributed by atoms with Crippen LogP contribution in [0, 0.1) is 0 Å². The summed E-state index contributed by atoms with van der Waals surface area (Å²) in [5.74, 6) is 0.898. The van der Waals surface area contributed by atoms with Crippen molar-refractivity contribution in [3.8, 4) is 5.75 Å². The van der Waals surface area contributed by atoms with Gasteiger partial charge in [0.15, 0.2) is 0 Å². The Morgan fingerprint density at radius 3 is 2.82 bits per heavy atom. The molecule has 1 saturated carbocycles. The fourth-order valence-electron chi connectivity index (χ4n) is 2.60. The maximum Gasteiger partial charge on any atom is 0.120 e. The van der Waals surface area contributed by atoms with E-state index >= 15 is 0 Å². The number of ether oxygens (including phenoxy) is 1. The quantitative estimate of drug-likeness (QED) is 0.848. The molecule has 0 saturated heterocycles. The van der Waals surface area contributed by atoms with Crippen LogP contribution in [0.1, 0.15) is 25.0 Å². The minimum Gasteiger partial charge on any atom is -0.497 e. The molecule has 1 fully saturated rings. The van der Waals surface area contributed by atoms with Crippen LogP contribution in [0.4, 0.5) is 0 Å². The summed E-state index contributed by atoms with van der Waals surface area (Å²) in [6, 6.07) is 8.42. The van der Waals surface area contributed by atoms with Gasteiger partial charge >= 0.3 is 0 Å². The van der Waals surface area contributed by atoms with Crippen molar-refractivity contribution in [1.29, 1.82) is 0 Å². The maximum atomic E-state index is 5.70. The summed E-state index contributed by atoms with van der Waals surface area (Å²) in [6.07, 6.45) is 3.60. The largest absolute Gasteiger partial charge is 0.497 e. The van der Waals surface area contributed by atoms with Crippen LogP contribution in [0.3, 0.4) is 0 Å². The van der Waals surface area contributed by atoms with Crippen LogP contribution < -0.4 is 10.5 Å². The van der Waals surface area contributed by atoms with Crippen LogP contribution in [0.2, 0.25) is 0 Å². The lowest BCUT2D eigenvalue weighted by atomic mass is 9.98. The molecule has 0 amide bonds. The average Bonchev–Trinajstić information content (AvgIpc) is 3.00. The molecule has 1 heterocycles. The molecule has 1 aromatic carbocycles. The van der Waals surface area contributed by atoms with Crippen LogP contribution in [0.15, 0.2) is 24.3 Å². The van der Waals surface area contributed by atoms with Gasteiger partial charge in [0.1, 0.15) is 5.75 Å². The summed E-state index contributed by atoms with van der Waals surface area (Å²) in [5, 5.41) is 1.25. The van der Waals surface area contributed by atoms with Gasteiger partial charge in [-0.25, -0.2) is 0 Å². The van der Waals surface area contributed by atoms with E-state index in [1.165, 1.54) is 23.9 Å². The Morgan fingerprint density at radius 1 is 1.35 bits per heavy atom. The summed E-state index contributed by atoms with van der Waals surface area (Å²) in [4.78, 5) is 3.52. The van der Waals surface area contributed by atoms with E-state index in [9.17, 15) is 0 Å². The number of hydrogen-bond donors (Lipinski definition) is 2. The first-order valence-electron chi connectivity index (χ1n) is 6.15. The number of rotatable bonds is 4. The fraction of sp³-hybridized carbons (Fsp3) is 0.429. The van der Waals surface area contributed by atoms with E-state index < -0.39 is 0 Å². The highest BCUT2D eigenvalue weighted by Crippen LogP contribution is 2.50. The van der Waals surface area contributed by atoms with Crippen molar-refractivity contribution in [3.05, 3.63) is 30.0 Å². The molecule has 3 rings (SSSR count). The van der Waals surface area contributed by atoms with Crippen LogP contribution >= 0.6 is 0 Å². The highest BCUT2D eigenvalue weighted by molar-refractivity contribution is 5.82. The number of aromatic amines is 1. The second-order valence-electron chi connectivity index (χ2n) is 4.96. The third-order valence-electron chi connectivity index (χ3n) is 3.88. The predicted octanol–water partition coefficient (Wildman–Crippen LogP) is 2.56. The number of H-pyrrole nitrogens is 1. The maximum absolute atomic E-state index is 5.70. The normalized spacial score (nSPS) is 17.3. The Morgan fingerprint density at radius 2 is 2.18 bits per heavy atom. The van der Waals surface area contributed by atoms with Gasteiger partial charge in [-0.1, -0.05) is 0 Å². The van der Waals surface area contributed by atoms with Crippen molar-refractivity contribution >= 4 is 10.9 Å². The van der Waals surface area contributed by atoms with Crippen molar-refractivity contribution in [2.75, 3.05) is 13.7 Å². The van der Waals surface area contributed by atoms with E-state index in [1.807, 2.05) is 6.07 Å². The molecule has 3 nitrogen and oxygen atoms in total. The minimum absolute atomic E-state index is 0.334. The zero-order valence-electron chi connectivity index (χ0n) is 10.1. The van der Waals surface area contributed by atoms with Gasteiger partial charge in [0, 0.05) is 22.7 Å². The van der Waals surface area contributed by atoms with E-state index in [2.05, 4.69) is 23.2 Å². The zero-order chi connectivity index (χ0) is 11.9. The Balaban J connectivity index is 2.02. The zero-order valence-corrected chi connectivity index (χ0v) is 10.1. The first-order valence-corrected chi connectivity index (χ1v) is 6.15. The number of benzene rings is 1. The van der Waals surface area contributed by atoms with Gasteiger partial charge < -0.3 is 15.5 Å². The van der Waals surface area contributed by atoms with E-state index in [4.69, 9.17) is 10.5 Å². The number of aromatic nitrogens is 1. The molecule has 1 aromatic heterocycles. The molecular formula is C14H18N2O. The molecule has 2 aromatic rings. The van der Waals surface area contributed by atoms with Crippen LogP contribution in [-0.4, -0.2) is 18.6 Å². The second kappa shape index (κ2) is 3.77. The molecule has 3 N–H and O–H groups in total. The van der Waals surface area contributed by atoms with E-state index in [0.29, 0.717) is 5.41 Å². The lowest BCUT2D eigenvalue weighted by Gasteiger charge is -2.10. The molecule has 1 aliphatic carbocycles. The van der Waals surface area contributed by atoms with Crippen molar-refractivity contribution in [2.45, 2.75) is 24.7 Å². The monoisotopic (exact) mass is 230 g/mol. The SMILES string of the molecule is COc1ccc2cc(C3(CCN)CC3)[nH]c2c1. The fourth-order valence-corrected chi connectivity index (χ4v) is 2.60. The molecular weight excluding hydrogens is 212 g/mol. The Kier molecular flexibility index (Phi) is 2.37. The van der Waals surface area contributed by atoms with E-state index in [0.717, 1.165) is 24.2 Å². The number of nitrogens with one attached hydrogen (secondary N) is 1.